The molecule has 5 heteroatoms. The Morgan fingerprint density at radius 3 is 2.64 bits per heavy atom. The second-order valence-corrected chi connectivity index (χ2v) is 4.76. The van der Waals surface area contributed by atoms with Crippen molar-refractivity contribution >= 4 is 11.7 Å². The molecule has 0 N–H and O–H groups in total. The average molecular weight is 301 g/mol. The van der Waals surface area contributed by atoms with Crippen molar-refractivity contribution in [3.63, 3.8) is 0 Å². The lowest BCUT2D eigenvalue weighted by Gasteiger charge is -2.05. The first-order chi connectivity index (χ1) is 10.7. The number of carbonyl (C=O) groups excluding carboxylic acids is 1. The van der Waals surface area contributed by atoms with Crippen LogP contribution in [0.5, 0.6) is 5.75 Å². The van der Waals surface area contributed by atoms with E-state index in [2.05, 4.69) is 12.1 Å². The first-order valence-electron chi connectivity index (χ1n) is 7.23. The van der Waals surface area contributed by atoms with E-state index in [1.54, 1.807) is 43.3 Å². The largest absolute Gasteiger partial charge is 0.494 e. The van der Waals surface area contributed by atoms with E-state index in [4.69, 9.17) is 14.0 Å². The van der Waals surface area contributed by atoms with Crippen LogP contribution in [0, 0.1) is 0 Å². The summed E-state index contributed by atoms with van der Waals surface area (Å²) in [6, 6.07) is 10.3. The number of furan rings is 1. The van der Waals surface area contributed by atoms with Crippen LogP contribution in [-0.2, 0) is 4.84 Å². The van der Waals surface area contributed by atoms with Gasteiger partial charge in [0.1, 0.15) is 11.5 Å². The van der Waals surface area contributed by atoms with Crippen LogP contribution in [0.2, 0.25) is 0 Å². The molecule has 2 aromatic rings. The molecule has 2 rings (SSSR count). The van der Waals surface area contributed by atoms with Gasteiger partial charge in [-0.2, -0.15) is 0 Å². The fourth-order valence-corrected chi connectivity index (χ4v) is 1.71. The normalized spacial score (nSPS) is 11.3. The van der Waals surface area contributed by atoms with Gasteiger partial charge < -0.3 is 14.0 Å². The van der Waals surface area contributed by atoms with Gasteiger partial charge in [-0.15, -0.1) is 0 Å². The van der Waals surface area contributed by atoms with E-state index in [9.17, 15) is 4.79 Å². The Labute approximate surface area is 129 Å². The monoisotopic (exact) mass is 301 g/mol. The van der Waals surface area contributed by atoms with Gasteiger partial charge in [-0.1, -0.05) is 18.5 Å². The summed E-state index contributed by atoms with van der Waals surface area (Å²) in [7, 11) is 0. The predicted octanol–water partition coefficient (Wildman–Crippen LogP) is 4.04. The molecule has 0 bridgehead atoms. The number of hydrogen-bond acceptors (Lipinski definition) is 5. The highest BCUT2D eigenvalue weighted by molar-refractivity contribution is 5.97. The number of benzene rings is 1. The van der Waals surface area contributed by atoms with Crippen LogP contribution in [0.3, 0.4) is 0 Å². The van der Waals surface area contributed by atoms with Gasteiger partial charge in [-0.25, -0.2) is 4.79 Å². The van der Waals surface area contributed by atoms with Crippen LogP contribution in [0.1, 0.15) is 42.8 Å². The third-order valence-corrected chi connectivity index (χ3v) is 3.00. The maximum Gasteiger partial charge on any atom is 0.365 e. The maximum absolute atomic E-state index is 11.9. The quantitative estimate of drug-likeness (QED) is 0.335. The second-order valence-electron chi connectivity index (χ2n) is 4.76. The smallest absolute Gasteiger partial charge is 0.365 e. The number of rotatable bonds is 7. The molecule has 0 aliphatic heterocycles. The zero-order valence-electron chi connectivity index (χ0n) is 12.7. The van der Waals surface area contributed by atoms with E-state index in [0.717, 1.165) is 18.6 Å². The van der Waals surface area contributed by atoms with Crippen LogP contribution in [0.25, 0.3) is 0 Å². The third kappa shape index (κ3) is 4.48. The zero-order valence-corrected chi connectivity index (χ0v) is 12.7. The van der Waals surface area contributed by atoms with Crippen LogP contribution in [-0.4, -0.2) is 18.3 Å². The molecule has 0 saturated carbocycles. The van der Waals surface area contributed by atoms with Crippen molar-refractivity contribution in [2.24, 2.45) is 5.16 Å². The van der Waals surface area contributed by atoms with Crippen molar-refractivity contribution < 1.29 is 18.8 Å². The van der Waals surface area contributed by atoms with Gasteiger partial charge in [0.2, 0.25) is 0 Å². The lowest BCUT2D eigenvalue weighted by Crippen LogP contribution is -2.04. The molecule has 0 atom stereocenters. The molecule has 0 radical (unpaired) electrons. The van der Waals surface area contributed by atoms with E-state index in [1.807, 2.05) is 0 Å². The lowest BCUT2D eigenvalue weighted by atomic mass is 10.2. The van der Waals surface area contributed by atoms with Crippen molar-refractivity contribution in [2.45, 2.75) is 26.7 Å². The predicted molar refractivity (Wildman–Crippen MR) is 83.2 cm³/mol. The molecule has 0 spiro atoms. The summed E-state index contributed by atoms with van der Waals surface area (Å²) >= 11 is 0. The van der Waals surface area contributed by atoms with E-state index in [1.165, 1.54) is 6.26 Å². The van der Waals surface area contributed by atoms with Crippen molar-refractivity contribution in [1.82, 2.24) is 0 Å². The maximum atomic E-state index is 11.9. The highest BCUT2D eigenvalue weighted by Gasteiger charge is 2.08. The molecule has 0 unspecified atom stereocenters. The molecule has 0 saturated heterocycles. The van der Waals surface area contributed by atoms with E-state index >= 15 is 0 Å². The Morgan fingerprint density at radius 1 is 1.23 bits per heavy atom. The molecular formula is C17H19NO4. The zero-order chi connectivity index (χ0) is 15.8. The minimum atomic E-state index is -0.522. The van der Waals surface area contributed by atoms with Gasteiger partial charge in [0.15, 0.2) is 5.76 Å². The molecule has 0 fully saturated rings. The Balaban J connectivity index is 1.91. The number of unbranched alkanes of at least 4 members (excludes halogenated alkanes) is 1. The Hall–Kier alpha value is -2.56. The fraction of sp³-hybridized carbons (Fsp3) is 0.294. The molecular weight excluding hydrogens is 282 g/mol. The van der Waals surface area contributed by atoms with Crippen molar-refractivity contribution in [2.75, 3.05) is 6.61 Å². The van der Waals surface area contributed by atoms with Crippen molar-refractivity contribution in [3.05, 3.63) is 54.0 Å². The van der Waals surface area contributed by atoms with E-state index < -0.39 is 5.97 Å². The SMILES string of the molecule is CCCCOc1ccc(C(=O)O/N=C(\C)c2ccco2)cc1. The topological polar surface area (TPSA) is 61.0 Å². The number of nitrogens with zero attached hydrogens (tertiary/aromatic N) is 1. The summed E-state index contributed by atoms with van der Waals surface area (Å²) in [6.07, 6.45) is 3.62. The minimum Gasteiger partial charge on any atom is -0.494 e. The second kappa shape index (κ2) is 8.02. The molecule has 22 heavy (non-hydrogen) atoms. The average Bonchev–Trinajstić information content (AvgIpc) is 3.08. The van der Waals surface area contributed by atoms with Crippen LogP contribution in [0.4, 0.5) is 0 Å². The summed E-state index contributed by atoms with van der Waals surface area (Å²) in [6.45, 7) is 4.48. The number of hydrogen-bond donors (Lipinski definition) is 0. The van der Waals surface area contributed by atoms with Crippen LogP contribution < -0.4 is 4.74 Å². The summed E-state index contributed by atoms with van der Waals surface area (Å²) < 4.78 is 10.7. The number of oxime groups is 1. The molecule has 0 aliphatic carbocycles. The molecule has 0 aliphatic rings. The first-order valence-corrected chi connectivity index (χ1v) is 7.23. The summed E-state index contributed by atoms with van der Waals surface area (Å²) in [5, 5.41) is 3.77. The molecule has 5 nitrogen and oxygen atoms in total. The summed E-state index contributed by atoms with van der Waals surface area (Å²) in [4.78, 5) is 16.8. The van der Waals surface area contributed by atoms with Crippen LogP contribution >= 0.6 is 0 Å². The Morgan fingerprint density at radius 2 is 2.00 bits per heavy atom. The Kier molecular flexibility index (Phi) is 5.77. The highest BCUT2D eigenvalue weighted by atomic mass is 16.7. The highest BCUT2D eigenvalue weighted by Crippen LogP contribution is 2.14. The molecule has 0 amide bonds. The summed E-state index contributed by atoms with van der Waals surface area (Å²) in [5.41, 5.74) is 0.914. The van der Waals surface area contributed by atoms with E-state index in [-0.39, 0.29) is 0 Å². The van der Waals surface area contributed by atoms with E-state index in [0.29, 0.717) is 23.6 Å². The van der Waals surface area contributed by atoms with Crippen molar-refractivity contribution in [3.8, 4) is 5.75 Å². The van der Waals surface area contributed by atoms with Gasteiger partial charge in [0.05, 0.1) is 18.4 Å². The standard InChI is InChI=1S/C17H19NO4/c1-3-4-11-20-15-9-7-14(8-10-15)17(19)22-18-13(2)16-6-5-12-21-16/h5-10,12H,3-4,11H2,1-2H3/b18-13+. The summed E-state index contributed by atoms with van der Waals surface area (Å²) in [5.74, 6) is 0.777. The van der Waals surface area contributed by atoms with Crippen LogP contribution in [0.15, 0.2) is 52.2 Å². The fourth-order valence-electron chi connectivity index (χ4n) is 1.71. The Bertz CT molecular complexity index is 615. The van der Waals surface area contributed by atoms with Gasteiger partial charge >= 0.3 is 5.97 Å². The van der Waals surface area contributed by atoms with Gasteiger partial charge in [-0.05, 0) is 49.7 Å². The van der Waals surface area contributed by atoms with Gasteiger partial charge in [0, 0.05) is 0 Å². The number of ether oxygens (including phenoxy) is 1. The minimum absolute atomic E-state index is 0.416. The number of carbonyl (C=O) groups is 1. The van der Waals surface area contributed by atoms with Gasteiger partial charge in [-0.3, -0.25) is 0 Å². The molecule has 1 heterocycles. The molecule has 1 aromatic carbocycles. The first kappa shape index (κ1) is 15.8. The lowest BCUT2D eigenvalue weighted by molar-refractivity contribution is 0.0516. The van der Waals surface area contributed by atoms with Gasteiger partial charge in [0.25, 0.3) is 0 Å². The molecule has 1 aromatic heterocycles. The third-order valence-electron chi connectivity index (χ3n) is 3.00. The molecule has 116 valence electrons. The van der Waals surface area contributed by atoms with Crippen molar-refractivity contribution in [1.29, 1.82) is 0 Å².